The average molecular weight is 424 g/mol. The van der Waals surface area contributed by atoms with E-state index in [1.54, 1.807) is 55.6 Å². The van der Waals surface area contributed by atoms with Crippen molar-refractivity contribution in [3.8, 4) is 5.75 Å². The second-order valence-corrected chi connectivity index (χ2v) is 10.1. The van der Waals surface area contributed by atoms with Gasteiger partial charge in [0.1, 0.15) is 5.75 Å². The van der Waals surface area contributed by atoms with Crippen LogP contribution in [0.1, 0.15) is 23.6 Å². The molecule has 0 bridgehead atoms. The summed E-state index contributed by atoms with van der Waals surface area (Å²) in [5.74, 6) is 0.682. The van der Waals surface area contributed by atoms with Gasteiger partial charge in [0.05, 0.1) is 37.1 Å². The number of benzene rings is 2. The van der Waals surface area contributed by atoms with Crippen LogP contribution in [0.2, 0.25) is 0 Å². The van der Waals surface area contributed by atoms with E-state index in [-0.39, 0.29) is 0 Å². The maximum Gasteiger partial charge on any atom is 0.247 e. The summed E-state index contributed by atoms with van der Waals surface area (Å²) in [6, 6.07) is 13.2. The Morgan fingerprint density at radius 3 is 2.25 bits per heavy atom. The molecule has 150 valence electrons. The van der Waals surface area contributed by atoms with E-state index in [4.69, 9.17) is 4.74 Å². The van der Waals surface area contributed by atoms with Crippen molar-refractivity contribution in [2.45, 2.75) is 12.5 Å². The Balaban J connectivity index is 2.03. The lowest BCUT2D eigenvalue weighted by atomic mass is 9.98. The molecule has 0 aromatic heterocycles. The van der Waals surface area contributed by atoms with Gasteiger partial charge in [-0.1, -0.05) is 18.2 Å². The predicted octanol–water partition coefficient (Wildman–Crippen LogP) is 2.18. The van der Waals surface area contributed by atoms with Crippen LogP contribution in [0.25, 0.3) is 0 Å². The second kappa shape index (κ2) is 7.44. The van der Waals surface area contributed by atoms with Crippen molar-refractivity contribution in [3.05, 3.63) is 59.7 Å². The van der Waals surface area contributed by atoms with Gasteiger partial charge in [0, 0.05) is 12.0 Å². The molecule has 0 aliphatic carbocycles. The van der Waals surface area contributed by atoms with Crippen LogP contribution in [0.4, 0.5) is 5.69 Å². The summed E-state index contributed by atoms with van der Waals surface area (Å²) in [6.45, 7) is 0. The van der Waals surface area contributed by atoms with Gasteiger partial charge in [-0.25, -0.2) is 16.8 Å². The van der Waals surface area contributed by atoms with Crippen molar-refractivity contribution < 1.29 is 21.6 Å². The number of hydrogen-bond acceptors (Lipinski definition) is 6. The minimum Gasteiger partial charge on any atom is -0.497 e. The summed E-state index contributed by atoms with van der Waals surface area (Å²) in [5, 5.41) is 4.32. The van der Waals surface area contributed by atoms with Crippen LogP contribution in [0.15, 0.2) is 53.6 Å². The molecule has 1 aliphatic heterocycles. The Labute approximate surface area is 164 Å². The number of para-hydroxylation sites is 1. The molecule has 0 spiro atoms. The number of anilines is 1. The predicted molar refractivity (Wildman–Crippen MR) is 108 cm³/mol. The van der Waals surface area contributed by atoms with Gasteiger partial charge in [-0.3, -0.25) is 4.72 Å². The maximum atomic E-state index is 12.4. The first-order valence-corrected chi connectivity index (χ1v) is 12.1. The highest BCUT2D eigenvalue weighted by molar-refractivity contribution is 7.92. The van der Waals surface area contributed by atoms with Crippen molar-refractivity contribution >= 4 is 31.4 Å². The zero-order chi connectivity index (χ0) is 20.5. The van der Waals surface area contributed by atoms with E-state index in [0.29, 0.717) is 29.1 Å². The van der Waals surface area contributed by atoms with Crippen molar-refractivity contribution in [2.75, 3.05) is 24.3 Å². The molecule has 1 aliphatic rings. The summed E-state index contributed by atoms with van der Waals surface area (Å²) in [4.78, 5) is 0. The number of nitrogens with one attached hydrogen (secondary N) is 1. The Kier molecular flexibility index (Phi) is 5.35. The first-order chi connectivity index (χ1) is 13.1. The van der Waals surface area contributed by atoms with Crippen molar-refractivity contribution in [1.29, 1.82) is 0 Å². The molecule has 1 heterocycles. The van der Waals surface area contributed by atoms with E-state index in [0.717, 1.165) is 22.5 Å². The van der Waals surface area contributed by atoms with E-state index >= 15 is 0 Å². The third-order valence-electron chi connectivity index (χ3n) is 4.25. The smallest absolute Gasteiger partial charge is 0.247 e. The van der Waals surface area contributed by atoms with Gasteiger partial charge in [0.25, 0.3) is 0 Å². The Morgan fingerprint density at radius 1 is 1.04 bits per heavy atom. The third kappa shape index (κ3) is 4.45. The largest absolute Gasteiger partial charge is 0.497 e. The molecule has 8 nitrogen and oxygen atoms in total. The van der Waals surface area contributed by atoms with Gasteiger partial charge in [-0.05, 0) is 35.9 Å². The van der Waals surface area contributed by atoms with Crippen molar-refractivity contribution in [3.63, 3.8) is 0 Å². The summed E-state index contributed by atoms with van der Waals surface area (Å²) >= 11 is 0. The molecule has 10 heteroatoms. The SMILES string of the molecule is COc1ccc(C2=NN(S(C)(=O)=O)[C@@H](c3ccccc3NS(C)(=O)=O)C2)cc1. The van der Waals surface area contributed by atoms with E-state index in [1.807, 2.05) is 0 Å². The Morgan fingerprint density at radius 2 is 1.68 bits per heavy atom. The van der Waals surface area contributed by atoms with E-state index in [9.17, 15) is 16.8 Å². The van der Waals surface area contributed by atoms with Crippen LogP contribution in [-0.2, 0) is 20.0 Å². The number of nitrogens with zero attached hydrogens (tertiary/aromatic N) is 2. The van der Waals surface area contributed by atoms with Crippen LogP contribution < -0.4 is 9.46 Å². The van der Waals surface area contributed by atoms with Gasteiger partial charge in [-0.2, -0.15) is 9.52 Å². The molecular formula is C18H21N3O5S2. The fraction of sp³-hybridized carbons (Fsp3) is 0.278. The minimum absolute atomic E-state index is 0.307. The molecule has 1 N–H and O–H groups in total. The zero-order valence-electron chi connectivity index (χ0n) is 15.7. The molecule has 0 fully saturated rings. The van der Waals surface area contributed by atoms with E-state index in [1.165, 1.54) is 0 Å². The number of ether oxygens (including phenoxy) is 1. The highest BCUT2D eigenvalue weighted by Gasteiger charge is 2.36. The Bertz CT molecular complexity index is 1110. The molecule has 1 atom stereocenters. The molecule has 0 unspecified atom stereocenters. The number of hydrazone groups is 1. The normalized spacial score (nSPS) is 17.3. The van der Waals surface area contributed by atoms with Crippen LogP contribution in [-0.4, -0.2) is 46.6 Å². The van der Waals surface area contributed by atoms with Crippen LogP contribution in [0, 0.1) is 0 Å². The Hall–Kier alpha value is -2.59. The van der Waals surface area contributed by atoms with E-state index < -0.39 is 26.1 Å². The number of methoxy groups -OCH3 is 1. The highest BCUT2D eigenvalue weighted by atomic mass is 32.2. The quantitative estimate of drug-likeness (QED) is 0.767. The van der Waals surface area contributed by atoms with Crippen LogP contribution in [0.5, 0.6) is 5.75 Å². The van der Waals surface area contributed by atoms with Crippen LogP contribution in [0.3, 0.4) is 0 Å². The molecular weight excluding hydrogens is 402 g/mol. The summed E-state index contributed by atoms with van der Waals surface area (Å²) in [5.41, 5.74) is 2.22. The van der Waals surface area contributed by atoms with E-state index in [2.05, 4.69) is 9.82 Å². The number of sulfonamides is 2. The lowest BCUT2D eigenvalue weighted by molar-refractivity contribution is 0.375. The molecule has 28 heavy (non-hydrogen) atoms. The first-order valence-electron chi connectivity index (χ1n) is 8.36. The van der Waals surface area contributed by atoms with Gasteiger partial charge < -0.3 is 4.74 Å². The van der Waals surface area contributed by atoms with Gasteiger partial charge in [0.15, 0.2) is 0 Å². The topological polar surface area (TPSA) is 105 Å². The third-order valence-corrected chi connectivity index (χ3v) is 5.86. The summed E-state index contributed by atoms with van der Waals surface area (Å²) < 4.78 is 56.8. The summed E-state index contributed by atoms with van der Waals surface area (Å²) in [6.07, 6.45) is 2.43. The molecule has 3 rings (SSSR count). The molecule has 0 amide bonds. The first kappa shape index (κ1) is 20.2. The zero-order valence-corrected chi connectivity index (χ0v) is 17.3. The standard InChI is InChI=1S/C18H21N3O5S2/c1-26-14-10-8-13(9-11-14)17-12-18(21(19-17)28(3,24)25)15-6-4-5-7-16(15)20-27(2,22)23/h4-11,18,20H,12H2,1-3H3/t18-/m1/s1. The lowest BCUT2D eigenvalue weighted by Gasteiger charge is -2.23. The molecule has 0 radical (unpaired) electrons. The summed E-state index contributed by atoms with van der Waals surface area (Å²) in [7, 11) is -5.63. The van der Waals surface area contributed by atoms with Gasteiger partial charge in [0.2, 0.25) is 20.0 Å². The molecule has 0 saturated carbocycles. The van der Waals surface area contributed by atoms with Gasteiger partial charge >= 0.3 is 0 Å². The van der Waals surface area contributed by atoms with Gasteiger partial charge in [-0.15, -0.1) is 0 Å². The number of rotatable bonds is 6. The lowest BCUT2D eigenvalue weighted by Crippen LogP contribution is -2.27. The van der Waals surface area contributed by atoms with Crippen molar-refractivity contribution in [2.24, 2.45) is 5.10 Å². The average Bonchev–Trinajstić information content (AvgIpc) is 3.06. The van der Waals surface area contributed by atoms with Crippen LogP contribution >= 0.6 is 0 Å². The van der Waals surface area contributed by atoms with Crippen molar-refractivity contribution in [1.82, 2.24) is 4.41 Å². The fourth-order valence-corrected chi connectivity index (χ4v) is 4.55. The molecule has 2 aromatic rings. The minimum atomic E-state index is -3.67. The maximum absolute atomic E-state index is 12.4. The monoisotopic (exact) mass is 423 g/mol. The number of hydrogen-bond donors (Lipinski definition) is 1. The molecule has 0 saturated heterocycles. The second-order valence-electron chi connectivity index (χ2n) is 6.49. The fourth-order valence-electron chi connectivity index (χ4n) is 3.06. The highest BCUT2D eigenvalue weighted by Crippen LogP contribution is 2.38. The molecule has 2 aromatic carbocycles.